The van der Waals surface area contributed by atoms with Crippen LogP contribution in [0.15, 0.2) is 24.3 Å². The zero-order valence-electron chi connectivity index (χ0n) is 15.9. The SMILES string of the molecule is C[C@@H]1CN(C(=O)CN2C(=O)N[C@](C)(c3ccc([N+](=O)[O-])cc3)C2=O)C[C@H](C)O1. The van der Waals surface area contributed by atoms with E-state index in [4.69, 9.17) is 4.74 Å². The molecule has 10 heteroatoms. The highest BCUT2D eigenvalue weighted by Gasteiger charge is 2.50. The Morgan fingerprint density at radius 2 is 1.82 bits per heavy atom. The van der Waals surface area contributed by atoms with Crippen molar-refractivity contribution in [1.29, 1.82) is 0 Å². The molecule has 1 N–H and O–H groups in total. The molecule has 3 rings (SSSR count). The van der Waals surface area contributed by atoms with Crippen molar-refractivity contribution in [3.05, 3.63) is 39.9 Å². The molecule has 2 heterocycles. The highest BCUT2D eigenvalue weighted by molar-refractivity contribution is 6.09. The van der Waals surface area contributed by atoms with Crippen LogP contribution in [0.25, 0.3) is 0 Å². The quantitative estimate of drug-likeness (QED) is 0.465. The summed E-state index contributed by atoms with van der Waals surface area (Å²) in [5.41, 5.74) is -1.11. The van der Waals surface area contributed by atoms with Gasteiger partial charge in [0.25, 0.3) is 11.6 Å². The maximum absolute atomic E-state index is 12.9. The molecular weight excluding hydrogens is 368 g/mol. The molecule has 2 aliphatic rings. The Labute approximate surface area is 161 Å². The van der Waals surface area contributed by atoms with Gasteiger partial charge in [-0.25, -0.2) is 4.79 Å². The van der Waals surface area contributed by atoms with Gasteiger partial charge in [0.15, 0.2) is 0 Å². The third-order valence-corrected chi connectivity index (χ3v) is 5.00. The summed E-state index contributed by atoms with van der Waals surface area (Å²) in [5, 5.41) is 13.4. The van der Waals surface area contributed by atoms with Gasteiger partial charge in [-0.05, 0) is 38.5 Å². The van der Waals surface area contributed by atoms with E-state index in [-0.39, 0.29) is 30.3 Å². The number of rotatable bonds is 4. The number of amides is 4. The number of imide groups is 1. The number of non-ortho nitro benzene ring substituents is 1. The van der Waals surface area contributed by atoms with Crippen molar-refractivity contribution in [3.63, 3.8) is 0 Å². The number of ether oxygens (including phenoxy) is 1. The minimum absolute atomic E-state index is 0.119. The number of urea groups is 1. The fraction of sp³-hybridized carbons (Fsp3) is 0.500. The topological polar surface area (TPSA) is 122 Å². The van der Waals surface area contributed by atoms with E-state index >= 15 is 0 Å². The minimum Gasteiger partial charge on any atom is -0.372 e. The van der Waals surface area contributed by atoms with Gasteiger partial charge in [-0.1, -0.05) is 0 Å². The number of carbonyl (C=O) groups is 3. The summed E-state index contributed by atoms with van der Waals surface area (Å²) >= 11 is 0. The molecule has 4 amide bonds. The first-order chi connectivity index (χ1) is 13.1. The Bertz CT molecular complexity index is 816. The second kappa shape index (κ2) is 7.19. The first-order valence-electron chi connectivity index (χ1n) is 8.94. The highest BCUT2D eigenvalue weighted by Crippen LogP contribution is 2.30. The van der Waals surface area contributed by atoms with E-state index in [1.54, 1.807) is 4.90 Å². The van der Waals surface area contributed by atoms with Gasteiger partial charge < -0.3 is 15.0 Å². The van der Waals surface area contributed by atoms with E-state index in [0.29, 0.717) is 18.7 Å². The van der Waals surface area contributed by atoms with Gasteiger partial charge in [-0.3, -0.25) is 24.6 Å². The summed E-state index contributed by atoms with van der Waals surface area (Å²) in [5.74, 6) is -0.910. The first kappa shape index (κ1) is 19.7. The van der Waals surface area contributed by atoms with Crippen LogP contribution >= 0.6 is 0 Å². The number of hydrogen-bond donors (Lipinski definition) is 1. The molecule has 28 heavy (non-hydrogen) atoms. The van der Waals surface area contributed by atoms with Gasteiger partial charge >= 0.3 is 6.03 Å². The largest absolute Gasteiger partial charge is 0.372 e. The van der Waals surface area contributed by atoms with E-state index in [0.717, 1.165) is 4.90 Å². The summed E-state index contributed by atoms with van der Waals surface area (Å²) in [6.45, 7) is 5.65. The zero-order valence-corrected chi connectivity index (χ0v) is 15.9. The van der Waals surface area contributed by atoms with Crippen molar-refractivity contribution >= 4 is 23.5 Å². The Balaban J connectivity index is 1.75. The van der Waals surface area contributed by atoms with Crippen LogP contribution in [0, 0.1) is 10.1 Å². The van der Waals surface area contributed by atoms with Crippen LogP contribution < -0.4 is 5.32 Å². The van der Waals surface area contributed by atoms with Crippen LogP contribution in [0.3, 0.4) is 0 Å². The minimum atomic E-state index is -1.39. The normalized spacial score (nSPS) is 27.7. The van der Waals surface area contributed by atoms with Gasteiger partial charge in [0.1, 0.15) is 12.1 Å². The summed E-state index contributed by atoms with van der Waals surface area (Å²) < 4.78 is 5.59. The monoisotopic (exact) mass is 390 g/mol. The van der Waals surface area contributed by atoms with Crippen molar-refractivity contribution in [3.8, 4) is 0 Å². The maximum Gasteiger partial charge on any atom is 0.325 e. The lowest BCUT2D eigenvalue weighted by Gasteiger charge is -2.35. The lowest BCUT2D eigenvalue weighted by Crippen LogP contribution is -2.52. The smallest absolute Gasteiger partial charge is 0.325 e. The van der Waals surface area contributed by atoms with E-state index in [1.165, 1.54) is 31.2 Å². The molecule has 150 valence electrons. The van der Waals surface area contributed by atoms with Crippen LogP contribution in [-0.2, 0) is 19.9 Å². The number of nitrogens with one attached hydrogen (secondary N) is 1. The molecule has 0 spiro atoms. The third-order valence-electron chi connectivity index (χ3n) is 5.00. The molecule has 0 aromatic heterocycles. The van der Waals surface area contributed by atoms with Crippen LogP contribution in [0.5, 0.6) is 0 Å². The fourth-order valence-corrected chi connectivity index (χ4v) is 3.57. The molecule has 2 aliphatic heterocycles. The molecule has 0 aliphatic carbocycles. The molecule has 0 unspecified atom stereocenters. The highest BCUT2D eigenvalue weighted by atomic mass is 16.6. The summed E-state index contributed by atoms with van der Waals surface area (Å²) in [6.07, 6.45) is -0.248. The summed E-state index contributed by atoms with van der Waals surface area (Å²) in [4.78, 5) is 50.7. The predicted octanol–water partition coefficient (Wildman–Crippen LogP) is 0.998. The van der Waals surface area contributed by atoms with Gasteiger partial charge in [0, 0.05) is 25.2 Å². The lowest BCUT2D eigenvalue weighted by molar-refractivity contribution is -0.384. The number of carbonyl (C=O) groups excluding carboxylic acids is 3. The lowest BCUT2D eigenvalue weighted by atomic mass is 9.92. The first-order valence-corrected chi connectivity index (χ1v) is 8.94. The molecule has 3 atom stereocenters. The third kappa shape index (κ3) is 3.55. The zero-order chi connectivity index (χ0) is 20.6. The maximum atomic E-state index is 12.9. The standard InChI is InChI=1S/C18H22N4O6/c1-11-8-20(9-12(2)28-11)15(23)10-21-16(24)18(3,19-17(21)25)13-4-6-14(7-5-13)22(26)27/h4-7,11-12H,8-10H2,1-3H3,(H,19,25)/t11-,12+,18-/m1/s1. The molecule has 2 saturated heterocycles. The Hall–Kier alpha value is -3.01. The van der Waals surface area contributed by atoms with Crippen molar-refractivity contribution in [1.82, 2.24) is 15.1 Å². The van der Waals surface area contributed by atoms with Gasteiger partial charge in [0.2, 0.25) is 5.91 Å². The molecule has 10 nitrogen and oxygen atoms in total. The van der Waals surface area contributed by atoms with E-state index in [2.05, 4.69) is 5.32 Å². The van der Waals surface area contributed by atoms with E-state index in [9.17, 15) is 24.5 Å². The van der Waals surface area contributed by atoms with E-state index in [1.807, 2.05) is 13.8 Å². The molecule has 1 aromatic carbocycles. The predicted molar refractivity (Wildman–Crippen MR) is 97.3 cm³/mol. The molecule has 0 radical (unpaired) electrons. The fourth-order valence-electron chi connectivity index (χ4n) is 3.57. The average Bonchev–Trinajstić information content (AvgIpc) is 2.85. The summed E-state index contributed by atoms with van der Waals surface area (Å²) in [7, 11) is 0. The molecule has 1 aromatic rings. The molecule has 0 bridgehead atoms. The average molecular weight is 390 g/mol. The molecule has 0 saturated carbocycles. The van der Waals surface area contributed by atoms with Gasteiger partial charge in [-0.15, -0.1) is 0 Å². The number of nitro benzene ring substituents is 1. The molecular formula is C18H22N4O6. The van der Waals surface area contributed by atoms with Crippen molar-refractivity contribution in [2.24, 2.45) is 0 Å². The Kier molecular flexibility index (Phi) is 5.07. The van der Waals surface area contributed by atoms with Crippen LogP contribution in [0.4, 0.5) is 10.5 Å². The number of nitro groups is 1. The van der Waals surface area contributed by atoms with Crippen LogP contribution in [0.1, 0.15) is 26.3 Å². The summed E-state index contributed by atoms with van der Waals surface area (Å²) in [6, 6.07) is 4.71. The second-order valence-corrected chi connectivity index (χ2v) is 7.31. The molecule has 2 fully saturated rings. The number of benzene rings is 1. The van der Waals surface area contributed by atoms with Crippen molar-refractivity contribution in [2.45, 2.75) is 38.5 Å². The number of nitrogens with zero attached hydrogens (tertiary/aromatic N) is 3. The Morgan fingerprint density at radius 1 is 1.25 bits per heavy atom. The second-order valence-electron chi connectivity index (χ2n) is 7.31. The van der Waals surface area contributed by atoms with Gasteiger partial charge in [-0.2, -0.15) is 0 Å². The Morgan fingerprint density at radius 3 is 2.36 bits per heavy atom. The number of hydrogen-bond acceptors (Lipinski definition) is 6. The van der Waals surface area contributed by atoms with Gasteiger partial charge in [0.05, 0.1) is 17.1 Å². The van der Waals surface area contributed by atoms with Crippen LogP contribution in [0.2, 0.25) is 0 Å². The van der Waals surface area contributed by atoms with Crippen LogP contribution in [-0.4, -0.2) is 64.4 Å². The van der Waals surface area contributed by atoms with Crippen molar-refractivity contribution < 1.29 is 24.0 Å². The number of morpholine rings is 1. The van der Waals surface area contributed by atoms with Crippen molar-refractivity contribution in [2.75, 3.05) is 19.6 Å². The van der Waals surface area contributed by atoms with E-state index < -0.39 is 22.4 Å².